The van der Waals surface area contributed by atoms with Crippen LogP contribution in [0.25, 0.3) is 0 Å². The molecule has 0 atom stereocenters. The van der Waals surface area contributed by atoms with Gasteiger partial charge in [0.25, 0.3) is 0 Å². The molecule has 1 N–H and O–H groups in total. The van der Waals surface area contributed by atoms with Crippen molar-refractivity contribution in [3.63, 3.8) is 0 Å². The van der Waals surface area contributed by atoms with E-state index in [0.717, 1.165) is 35.0 Å². The zero-order valence-corrected chi connectivity index (χ0v) is 14.3. The molecule has 102 valence electrons. The smallest absolute Gasteiger partial charge is 0.143 e. The second-order valence-corrected chi connectivity index (χ2v) is 6.51. The van der Waals surface area contributed by atoms with E-state index in [0.29, 0.717) is 0 Å². The molecule has 0 saturated carbocycles. The summed E-state index contributed by atoms with van der Waals surface area (Å²) in [6.45, 7) is 3.05. The molecular formula is C13H20Br2N2O. The first-order valence-electron chi connectivity index (χ1n) is 5.90. The average Bonchev–Trinajstić information content (AvgIpc) is 2.25. The largest absolute Gasteiger partial charge is 0.506 e. The van der Waals surface area contributed by atoms with Crippen LogP contribution in [0.2, 0.25) is 0 Å². The summed E-state index contributed by atoms with van der Waals surface area (Å²) in [6.07, 6.45) is 1.16. The van der Waals surface area contributed by atoms with E-state index in [1.807, 2.05) is 12.1 Å². The van der Waals surface area contributed by atoms with E-state index in [-0.39, 0.29) is 5.75 Å². The molecule has 1 aromatic carbocycles. The molecule has 0 amide bonds. The van der Waals surface area contributed by atoms with E-state index < -0.39 is 0 Å². The molecule has 0 radical (unpaired) electrons. The maximum atomic E-state index is 9.65. The first-order chi connectivity index (χ1) is 8.40. The van der Waals surface area contributed by atoms with Crippen molar-refractivity contribution in [3.05, 3.63) is 26.6 Å². The molecule has 0 spiro atoms. The first-order valence-corrected chi connectivity index (χ1v) is 7.49. The van der Waals surface area contributed by atoms with Gasteiger partial charge in [-0.25, -0.2) is 0 Å². The highest BCUT2D eigenvalue weighted by atomic mass is 79.9. The second kappa shape index (κ2) is 7.48. The highest BCUT2D eigenvalue weighted by molar-refractivity contribution is 9.11. The predicted octanol–water partition coefficient (Wildman–Crippen LogP) is 3.30. The maximum Gasteiger partial charge on any atom is 0.143 e. The lowest BCUT2D eigenvalue weighted by Gasteiger charge is -2.18. The summed E-state index contributed by atoms with van der Waals surface area (Å²) in [4.78, 5) is 4.48. The molecule has 0 heterocycles. The third-order valence-electron chi connectivity index (χ3n) is 2.67. The van der Waals surface area contributed by atoms with Crippen molar-refractivity contribution in [3.8, 4) is 5.75 Å². The van der Waals surface area contributed by atoms with Gasteiger partial charge in [-0.1, -0.05) is 0 Å². The van der Waals surface area contributed by atoms with Crippen LogP contribution in [0.15, 0.2) is 21.1 Å². The van der Waals surface area contributed by atoms with Crippen LogP contribution >= 0.6 is 31.9 Å². The molecule has 18 heavy (non-hydrogen) atoms. The summed E-state index contributed by atoms with van der Waals surface area (Å²) in [6, 6.07) is 3.92. The number of halogens is 2. The fourth-order valence-corrected chi connectivity index (χ4v) is 3.04. The summed E-state index contributed by atoms with van der Waals surface area (Å²) < 4.78 is 1.46. The molecule has 0 saturated heterocycles. The van der Waals surface area contributed by atoms with Crippen LogP contribution in [0.3, 0.4) is 0 Å². The normalized spacial score (nSPS) is 11.5. The lowest BCUT2D eigenvalue weighted by atomic mass is 10.2. The maximum absolute atomic E-state index is 9.65. The fourth-order valence-electron chi connectivity index (χ4n) is 1.76. The molecule has 0 unspecified atom stereocenters. The summed E-state index contributed by atoms with van der Waals surface area (Å²) in [7, 11) is 6.30. The number of phenolic OH excluding ortho intramolecular Hbond substituents is 1. The Kier molecular flexibility index (Phi) is 6.63. The molecule has 0 aliphatic carbocycles. The number of hydrogen-bond acceptors (Lipinski definition) is 3. The average molecular weight is 380 g/mol. The van der Waals surface area contributed by atoms with E-state index in [9.17, 15) is 5.11 Å². The van der Waals surface area contributed by atoms with Gasteiger partial charge in [-0.3, -0.25) is 0 Å². The van der Waals surface area contributed by atoms with Crippen molar-refractivity contribution in [1.29, 1.82) is 0 Å². The van der Waals surface area contributed by atoms with Crippen LogP contribution in [-0.2, 0) is 6.54 Å². The molecule has 0 aliphatic heterocycles. The van der Waals surface area contributed by atoms with Gasteiger partial charge in [-0.2, -0.15) is 0 Å². The van der Waals surface area contributed by atoms with Gasteiger partial charge < -0.3 is 14.9 Å². The molecule has 0 fully saturated rings. The van der Waals surface area contributed by atoms with Crippen LogP contribution in [0.1, 0.15) is 12.0 Å². The van der Waals surface area contributed by atoms with E-state index in [2.05, 4.69) is 62.8 Å². The summed E-state index contributed by atoms with van der Waals surface area (Å²) in [5.41, 5.74) is 1.18. The number of phenols is 1. The second-order valence-electron chi connectivity index (χ2n) is 4.80. The summed E-state index contributed by atoms with van der Waals surface area (Å²) >= 11 is 6.71. The number of benzene rings is 1. The van der Waals surface area contributed by atoms with Gasteiger partial charge in [0.2, 0.25) is 0 Å². The van der Waals surface area contributed by atoms with Gasteiger partial charge in [0.15, 0.2) is 0 Å². The summed E-state index contributed by atoms with van der Waals surface area (Å²) in [5.74, 6) is 0.258. The Balaban J connectivity index is 2.51. The topological polar surface area (TPSA) is 26.7 Å². The zero-order valence-electron chi connectivity index (χ0n) is 11.1. The predicted molar refractivity (Wildman–Crippen MR) is 83.0 cm³/mol. The minimum absolute atomic E-state index is 0.258. The van der Waals surface area contributed by atoms with Crippen molar-refractivity contribution >= 4 is 31.9 Å². The van der Waals surface area contributed by atoms with Crippen LogP contribution < -0.4 is 0 Å². The number of rotatable bonds is 6. The van der Waals surface area contributed by atoms with Gasteiger partial charge in [0.1, 0.15) is 5.75 Å². The highest BCUT2D eigenvalue weighted by Gasteiger charge is 2.07. The molecule has 0 aromatic heterocycles. The third-order valence-corrected chi connectivity index (χ3v) is 3.88. The van der Waals surface area contributed by atoms with E-state index >= 15 is 0 Å². The Morgan fingerprint density at radius 3 is 2.11 bits per heavy atom. The molecule has 3 nitrogen and oxygen atoms in total. The van der Waals surface area contributed by atoms with Crippen LogP contribution in [0, 0.1) is 0 Å². The molecule has 1 aromatic rings. The Labute approximate surface area is 126 Å². The Morgan fingerprint density at radius 2 is 1.61 bits per heavy atom. The minimum Gasteiger partial charge on any atom is -0.506 e. The van der Waals surface area contributed by atoms with Crippen LogP contribution in [0.4, 0.5) is 0 Å². The molecule has 5 heteroatoms. The van der Waals surface area contributed by atoms with Gasteiger partial charge in [-0.15, -0.1) is 0 Å². The van der Waals surface area contributed by atoms with Crippen LogP contribution in [-0.4, -0.2) is 49.1 Å². The minimum atomic E-state index is 0.258. The van der Waals surface area contributed by atoms with Gasteiger partial charge in [0, 0.05) is 6.54 Å². The van der Waals surface area contributed by atoms with E-state index in [1.165, 1.54) is 5.56 Å². The van der Waals surface area contributed by atoms with Gasteiger partial charge in [-0.05, 0) is 90.2 Å². The Hall–Kier alpha value is -0.100. The standard InChI is InChI=1S/C13H20Br2N2O/c1-16(2)5-4-6-17(3)9-10-7-11(14)13(18)12(15)8-10/h7-8,18H,4-6,9H2,1-3H3. The van der Waals surface area contributed by atoms with Gasteiger partial charge in [0.05, 0.1) is 8.95 Å². The lowest BCUT2D eigenvalue weighted by molar-refractivity contribution is 0.294. The first kappa shape index (κ1) is 16.0. The monoisotopic (exact) mass is 378 g/mol. The number of hydrogen-bond donors (Lipinski definition) is 1. The Morgan fingerprint density at radius 1 is 1.06 bits per heavy atom. The van der Waals surface area contributed by atoms with Crippen molar-refractivity contribution in [2.75, 3.05) is 34.2 Å². The molecule has 0 bridgehead atoms. The fraction of sp³-hybridized carbons (Fsp3) is 0.538. The highest BCUT2D eigenvalue weighted by Crippen LogP contribution is 2.33. The van der Waals surface area contributed by atoms with Crippen molar-refractivity contribution < 1.29 is 5.11 Å². The SMILES string of the molecule is CN(C)CCCN(C)Cc1cc(Br)c(O)c(Br)c1. The Bertz CT molecular complexity index is 374. The number of nitrogens with zero attached hydrogens (tertiary/aromatic N) is 2. The molecule has 0 aliphatic rings. The van der Waals surface area contributed by atoms with Crippen molar-refractivity contribution in [2.24, 2.45) is 0 Å². The van der Waals surface area contributed by atoms with E-state index in [4.69, 9.17) is 0 Å². The third kappa shape index (κ3) is 5.26. The van der Waals surface area contributed by atoms with Crippen LogP contribution in [0.5, 0.6) is 5.75 Å². The lowest BCUT2D eigenvalue weighted by Crippen LogP contribution is -2.23. The molecule has 1 rings (SSSR count). The van der Waals surface area contributed by atoms with E-state index in [1.54, 1.807) is 0 Å². The summed E-state index contributed by atoms with van der Waals surface area (Å²) in [5, 5.41) is 9.65. The van der Waals surface area contributed by atoms with Gasteiger partial charge >= 0.3 is 0 Å². The quantitative estimate of drug-likeness (QED) is 0.821. The van der Waals surface area contributed by atoms with Crippen molar-refractivity contribution in [2.45, 2.75) is 13.0 Å². The zero-order chi connectivity index (χ0) is 13.7. The number of aromatic hydroxyl groups is 1. The van der Waals surface area contributed by atoms with Crippen molar-refractivity contribution in [1.82, 2.24) is 9.80 Å². The molecular weight excluding hydrogens is 360 g/mol.